The number of morpholine rings is 1. The van der Waals surface area contributed by atoms with Gasteiger partial charge in [0.25, 0.3) is 11.8 Å². The van der Waals surface area contributed by atoms with Crippen molar-refractivity contribution >= 4 is 11.8 Å². The molecule has 1 aromatic rings. The molecule has 1 saturated heterocycles. The molecule has 0 atom stereocenters. The highest BCUT2D eigenvalue weighted by Gasteiger charge is 2.18. The molecule has 0 radical (unpaired) electrons. The Morgan fingerprint density at radius 2 is 1.60 bits per heavy atom. The van der Waals surface area contributed by atoms with E-state index in [4.69, 9.17) is 4.74 Å². The van der Waals surface area contributed by atoms with Crippen LogP contribution in [0.3, 0.4) is 0 Å². The van der Waals surface area contributed by atoms with Crippen molar-refractivity contribution in [1.82, 2.24) is 15.5 Å². The fourth-order valence-electron chi connectivity index (χ4n) is 3.37. The lowest BCUT2D eigenvalue weighted by Crippen LogP contribution is -2.41. The largest absolute Gasteiger partial charge is 0.379 e. The molecule has 1 heterocycles. The van der Waals surface area contributed by atoms with Gasteiger partial charge in [0.05, 0.1) is 13.2 Å². The van der Waals surface area contributed by atoms with Gasteiger partial charge in [0.1, 0.15) is 0 Å². The van der Waals surface area contributed by atoms with Gasteiger partial charge in [-0.25, -0.2) is 0 Å². The van der Waals surface area contributed by atoms with Crippen molar-refractivity contribution in [2.75, 3.05) is 39.4 Å². The van der Waals surface area contributed by atoms with E-state index in [0.717, 1.165) is 45.7 Å². The van der Waals surface area contributed by atoms with Crippen LogP contribution in [-0.4, -0.2) is 62.1 Å². The maximum absolute atomic E-state index is 12.2. The minimum atomic E-state index is -0.101. The lowest BCUT2D eigenvalue weighted by atomic mass is 10.1. The van der Waals surface area contributed by atoms with Crippen LogP contribution in [0.2, 0.25) is 0 Å². The number of ether oxygens (including phenoxy) is 1. The van der Waals surface area contributed by atoms with Gasteiger partial charge in [-0.15, -0.1) is 0 Å². The Balaban J connectivity index is 1.44. The van der Waals surface area contributed by atoms with Gasteiger partial charge in [-0.3, -0.25) is 14.5 Å². The molecule has 2 fully saturated rings. The second-order valence-corrected chi connectivity index (χ2v) is 6.74. The fourth-order valence-corrected chi connectivity index (χ4v) is 3.37. The third-order valence-electron chi connectivity index (χ3n) is 4.92. The molecule has 0 aromatic heterocycles. The number of hydrogen-bond acceptors (Lipinski definition) is 4. The monoisotopic (exact) mass is 345 g/mol. The summed E-state index contributed by atoms with van der Waals surface area (Å²) in [6.07, 6.45) is 4.51. The maximum Gasteiger partial charge on any atom is 0.251 e. The Bertz CT molecular complexity index is 576. The first kappa shape index (κ1) is 17.9. The zero-order chi connectivity index (χ0) is 17.5. The standard InChI is InChI=1S/C19H27N3O3/c23-18(20-9-10-22-11-13-25-14-12-22)15-5-7-16(8-6-15)19(24)21-17-3-1-2-4-17/h5-8,17H,1-4,9-14H2,(H,20,23)(H,21,24). The van der Waals surface area contributed by atoms with Gasteiger partial charge in [0.2, 0.25) is 0 Å². The molecule has 0 bridgehead atoms. The zero-order valence-electron chi connectivity index (χ0n) is 14.6. The van der Waals surface area contributed by atoms with E-state index >= 15 is 0 Å². The molecule has 6 heteroatoms. The van der Waals surface area contributed by atoms with Gasteiger partial charge >= 0.3 is 0 Å². The Hall–Kier alpha value is -1.92. The molecule has 2 amide bonds. The van der Waals surface area contributed by atoms with Crippen molar-refractivity contribution < 1.29 is 14.3 Å². The van der Waals surface area contributed by atoms with E-state index in [9.17, 15) is 9.59 Å². The second kappa shape index (κ2) is 8.97. The molecule has 0 spiro atoms. The minimum absolute atomic E-state index is 0.0498. The first-order valence-electron chi connectivity index (χ1n) is 9.21. The summed E-state index contributed by atoms with van der Waals surface area (Å²) >= 11 is 0. The predicted octanol–water partition coefficient (Wildman–Crippen LogP) is 1.42. The van der Waals surface area contributed by atoms with Crippen molar-refractivity contribution in [2.45, 2.75) is 31.7 Å². The van der Waals surface area contributed by atoms with Gasteiger partial charge in [-0.05, 0) is 37.1 Å². The summed E-state index contributed by atoms with van der Waals surface area (Å²) in [4.78, 5) is 26.7. The maximum atomic E-state index is 12.2. The molecule has 0 unspecified atom stereocenters. The number of rotatable bonds is 6. The highest BCUT2D eigenvalue weighted by molar-refractivity contribution is 5.97. The Morgan fingerprint density at radius 1 is 1.00 bits per heavy atom. The summed E-state index contributed by atoms with van der Waals surface area (Å²) in [5, 5.41) is 5.99. The van der Waals surface area contributed by atoms with Gasteiger partial charge in [-0.1, -0.05) is 12.8 Å². The van der Waals surface area contributed by atoms with Crippen molar-refractivity contribution in [1.29, 1.82) is 0 Å². The summed E-state index contributed by atoms with van der Waals surface area (Å²) < 4.78 is 5.31. The number of carbonyl (C=O) groups is 2. The Labute approximate surface area is 148 Å². The van der Waals surface area contributed by atoms with Crippen LogP contribution in [0.1, 0.15) is 46.4 Å². The number of carbonyl (C=O) groups excluding carboxylic acids is 2. The van der Waals surface area contributed by atoms with E-state index in [1.54, 1.807) is 24.3 Å². The van der Waals surface area contributed by atoms with E-state index in [0.29, 0.717) is 23.7 Å². The topological polar surface area (TPSA) is 70.7 Å². The van der Waals surface area contributed by atoms with Crippen LogP contribution >= 0.6 is 0 Å². The average Bonchev–Trinajstić information content (AvgIpc) is 3.15. The van der Waals surface area contributed by atoms with Gasteiger partial charge in [0.15, 0.2) is 0 Å². The zero-order valence-corrected chi connectivity index (χ0v) is 14.6. The number of nitrogens with one attached hydrogen (secondary N) is 2. The summed E-state index contributed by atoms with van der Waals surface area (Å²) in [5.41, 5.74) is 1.19. The number of nitrogens with zero attached hydrogens (tertiary/aromatic N) is 1. The number of benzene rings is 1. The lowest BCUT2D eigenvalue weighted by molar-refractivity contribution is 0.0383. The van der Waals surface area contributed by atoms with Crippen LogP contribution in [0.5, 0.6) is 0 Å². The summed E-state index contributed by atoms with van der Waals surface area (Å²) in [6, 6.07) is 7.18. The summed E-state index contributed by atoms with van der Waals surface area (Å²) in [5.74, 6) is -0.151. The fraction of sp³-hybridized carbons (Fsp3) is 0.579. The lowest BCUT2D eigenvalue weighted by Gasteiger charge is -2.26. The summed E-state index contributed by atoms with van der Waals surface area (Å²) in [6.45, 7) is 4.80. The van der Waals surface area contributed by atoms with Crippen LogP contribution in [0.15, 0.2) is 24.3 Å². The van der Waals surface area contributed by atoms with Crippen molar-refractivity contribution in [2.24, 2.45) is 0 Å². The molecular weight excluding hydrogens is 318 g/mol. The van der Waals surface area contributed by atoms with Crippen LogP contribution < -0.4 is 10.6 Å². The molecular formula is C19H27N3O3. The Kier molecular flexibility index (Phi) is 6.42. The quantitative estimate of drug-likeness (QED) is 0.818. The first-order valence-corrected chi connectivity index (χ1v) is 9.21. The van der Waals surface area contributed by atoms with Gasteiger partial charge in [0, 0.05) is 43.3 Å². The van der Waals surface area contributed by atoms with E-state index in [1.807, 2.05) is 0 Å². The molecule has 25 heavy (non-hydrogen) atoms. The molecule has 1 saturated carbocycles. The van der Waals surface area contributed by atoms with Gasteiger partial charge < -0.3 is 15.4 Å². The molecule has 136 valence electrons. The molecule has 2 aliphatic rings. The minimum Gasteiger partial charge on any atom is -0.379 e. The molecule has 2 N–H and O–H groups in total. The smallest absolute Gasteiger partial charge is 0.251 e. The van der Waals surface area contributed by atoms with Crippen molar-refractivity contribution in [3.05, 3.63) is 35.4 Å². The average molecular weight is 345 g/mol. The van der Waals surface area contributed by atoms with Gasteiger partial charge in [-0.2, -0.15) is 0 Å². The highest BCUT2D eigenvalue weighted by Crippen LogP contribution is 2.18. The van der Waals surface area contributed by atoms with E-state index in [2.05, 4.69) is 15.5 Å². The molecule has 1 aromatic carbocycles. The number of hydrogen-bond donors (Lipinski definition) is 2. The van der Waals surface area contributed by atoms with Crippen molar-refractivity contribution in [3.8, 4) is 0 Å². The third-order valence-corrected chi connectivity index (χ3v) is 4.92. The molecule has 6 nitrogen and oxygen atoms in total. The molecule has 3 rings (SSSR count). The van der Waals surface area contributed by atoms with E-state index in [1.165, 1.54) is 12.8 Å². The van der Waals surface area contributed by atoms with E-state index in [-0.39, 0.29) is 11.8 Å². The Morgan fingerprint density at radius 3 is 2.24 bits per heavy atom. The second-order valence-electron chi connectivity index (χ2n) is 6.74. The van der Waals surface area contributed by atoms with Crippen LogP contribution in [0.4, 0.5) is 0 Å². The van der Waals surface area contributed by atoms with Crippen LogP contribution in [0, 0.1) is 0 Å². The normalized spacial score (nSPS) is 18.9. The third kappa shape index (κ3) is 5.28. The molecule has 1 aliphatic heterocycles. The number of amides is 2. The van der Waals surface area contributed by atoms with Crippen LogP contribution in [0.25, 0.3) is 0 Å². The first-order chi connectivity index (χ1) is 12.2. The SMILES string of the molecule is O=C(NCCN1CCOCC1)c1ccc(C(=O)NC2CCCC2)cc1. The highest BCUT2D eigenvalue weighted by atomic mass is 16.5. The van der Waals surface area contributed by atoms with E-state index < -0.39 is 0 Å². The summed E-state index contributed by atoms with van der Waals surface area (Å²) in [7, 11) is 0. The predicted molar refractivity (Wildman–Crippen MR) is 95.8 cm³/mol. The van der Waals surface area contributed by atoms with Crippen LogP contribution in [-0.2, 0) is 4.74 Å². The van der Waals surface area contributed by atoms with Crippen molar-refractivity contribution in [3.63, 3.8) is 0 Å². The molecule has 1 aliphatic carbocycles.